The molecule has 0 radical (unpaired) electrons. The van der Waals surface area contributed by atoms with Crippen molar-refractivity contribution in [2.45, 2.75) is 12.0 Å². The molecule has 0 unspecified atom stereocenters. The number of nitrogens with one attached hydrogen (secondary N) is 1. The predicted molar refractivity (Wildman–Crippen MR) is 39.8 cm³/mol. The van der Waals surface area contributed by atoms with Crippen molar-refractivity contribution in [3.63, 3.8) is 0 Å². The number of nitrogens with two attached hydrogens (primary N) is 1. The molecule has 0 aliphatic carbocycles. The summed E-state index contributed by atoms with van der Waals surface area (Å²) in [7, 11) is 0. The largest absolute Gasteiger partial charge is 0.300 e. The van der Waals surface area contributed by atoms with Crippen molar-refractivity contribution in [2.24, 2.45) is 5.84 Å². The molecule has 0 aromatic heterocycles. The van der Waals surface area contributed by atoms with E-state index in [-0.39, 0.29) is 0 Å². The second-order valence-corrected chi connectivity index (χ2v) is 2.74. The van der Waals surface area contributed by atoms with Gasteiger partial charge in [-0.05, 0) is 12.2 Å². The van der Waals surface area contributed by atoms with E-state index in [9.17, 15) is 4.79 Å². The van der Waals surface area contributed by atoms with Crippen molar-refractivity contribution in [3.05, 3.63) is 23.9 Å². The van der Waals surface area contributed by atoms with Gasteiger partial charge in [0.05, 0.1) is 5.70 Å². The van der Waals surface area contributed by atoms with E-state index in [0.717, 1.165) is 12.0 Å². The van der Waals surface area contributed by atoms with E-state index in [2.05, 4.69) is 5.53 Å². The van der Waals surface area contributed by atoms with Gasteiger partial charge in [0.1, 0.15) is 5.54 Å². The first-order valence-corrected chi connectivity index (χ1v) is 3.45. The molecule has 0 aromatic rings. The number of nitrogens with zero attached hydrogens (tertiary/aromatic N) is 1. The van der Waals surface area contributed by atoms with Gasteiger partial charge >= 0.3 is 0 Å². The van der Waals surface area contributed by atoms with Gasteiger partial charge in [-0.25, -0.2) is 0 Å². The number of hydrazine groups is 2. The van der Waals surface area contributed by atoms with Crippen LogP contribution < -0.4 is 11.4 Å². The van der Waals surface area contributed by atoms with Crippen molar-refractivity contribution in [1.82, 2.24) is 10.5 Å². The zero-order valence-electron chi connectivity index (χ0n) is 5.95. The summed E-state index contributed by atoms with van der Waals surface area (Å²) in [4.78, 5) is 10.7. The van der Waals surface area contributed by atoms with Gasteiger partial charge in [-0.2, -0.15) is 5.53 Å². The van der Waals surface area contributed by atoms with E-state index in [1.54, 1.807) is 5.01 Å². The average Bonchev–Trinajstić information content (AvgIpc) is 2.58. The predicted octanol–water partition coefficient (Wildman–Crippen LogP) is -0.538. The van der Waals surface area contributed by atoms with Crippen LogP contribution in [0.3, 0.4) is 0 Å². The fourth-order valence-corrected chi connectivity index (χ4v) is 1.54. The van der Waals surface area contributed by atoms with Gasteiger partial charge in [-0.15, -0.1) is 0 Å². The van der Waals surface area contributed by atoms with Crippen LogP contribution >= 0.6 is 0 Å². The summed E-state index contributed by atoms with van der Waals surface area (Å²) in [5.74, 6) is 5.25. The number of aldehydes is 1. The lowest BCUT2D eigenvalue weighted by atomic mass is 9.99. The molecule has 2 aliphatic rings. The number of allylic oxidation sites excluding steroid dienone is 1. The Balaban J connectivity index is 2.39. The zero-order valence-corrected chi connectivity index (χ0v) is 5.95. The third-order valence-electron chi connectivity index (χ3n) is 2.19. The molecule has 2 aliphatic heterocycles. The second-order valence-electron chi connectivity index (χ2n) is 2.74. The van der Waals surface area contributed by atoms with Crippen molar-refractivity contribution in [1.29, 1.82) is 0 Å². The van der Waals surface area contributed by atoms with Crippen molar-refractivity contribution in [2.75, 3.05) is 0 Å². The number of rotatable bonds is 2. The highest BCUT2D eigenvalue weighted by Crippen LogP contribution is 2.36. The van der Waals surface area contributed by atoms with Crippen molar-refractivity contribution in [3.8, 4) is 0 Å². The SMILES string of the molecule is NNN1C2=CC[C@@]1(C=O)C=C2. The van der Waals surface area contributed by atoms with Crippen LogP contribution in [0.15, 0.2) is 23.9 Å². The molecule has 4 heteroatoms. The molecule has 58 valence electrons. The minimum Gasteiger partial charge on any atom is -0.300 e. The Bertz CT molecular complexity index is 258. The fourth-order valence-electron chi connectivity index (χ4n) is 1.54. The molecule has 0 amide bonds. The van der Waals surface area contributed by atoms with Crippen LogP contribution in [-0.4, -0.2) is 16.8 Å². The van der Waals surface area contributed by atoms with Crippen LogP contribution in [0.5, 0.6) is 0 Å². The van der Waals surface area contributed by atoms with E-state index in [0.29, 0.717) is 6.42 Å². The van der Waals surface area contributed by atoms with Crippen LogP contribution in [0.2, 0.25) is 0 Å². The standard InChI is InChI=1S/C7H9N3O/c8-9-10-6-1-3-7(10,5-11)4-2-6/h1-3,5,9H,4,8H2/t7-/m1/s1. The molecule has 3 N–H and O–H groups in total. The summed E-state index contributed by atoms with van der Waals surface area (Å²) in [5, 5.41) is 1.67. The van der Waals surface area contributed by atoms with Crippen molar-refractivity contribution < 1.29 is 4.79 Å². The van der Waals surface area contributed by atoms with Gasteiger partial charge in [0.15, 0.2) is 6.29 Å². The molecule has 0 aromatic carbocycles. The average molecular weight is 151 g/mol. The molecule has 0 fully saturated rings. The highest BCUT2D eigenvalue weighted by atomic mass is 16.1. The lowest BCUT2D eigenvalue weighted by Crippen LogP contribution is -2.52. The molecule has 1 atom stereocenters. The van der Waals surface area contributed by atoms with Gasteiger partial charge < -0.3 is 4.79 Å². The maximum absolute atomic E-state index is 10.7. The third kappa shape index (κ3) is 0.626. The Labute approximate surface area is 64.3 Å². The molecular formula is C7H9N3O. The van der Waals surface area contributed by atoms with E-state index in [1.165, 1.54) is 0 Å². The summed E-state index contributed by atoms with van der Waals surface area (Å²) in [5.41, 5.74) is 2.92. The minimum atomic E-state index is -0.538. The normalized spacial score (nSPS) is 32.8. The maximum Gasteiger partial charge on any atom is 0.151 e. The van der Waals surface area contributed by atoms with E-state index >= 15 is 0 Å². The van der Waals surface area contributed by atoms with E-state index in [1.807, 2.05) is 18.2 Å². The summed E-state index contributed by atoms with van der Waals surface area (Å²) in [6, 6.07) is 0. The molecule has 0 saturated heterocycles. The monoisotopic (exact) mass is 151 g/mol. The summed E-state index contributed by atoms with van der Waals surface area (Å²) in [6.45, 7) is 0. The number of fused-ring (bicyclic) bond motifs is 2. The molecule has 2 heterocycles. The van der Waals surface area contributed by atoms with Crippen LogP contribution in [-0.2, 0) is 4.79 Å². The first kappa shape index (κ1) is 6.57. The molecule has 2 rings (SSSR count). The topological polar surface area (TPSA) is 58.4 Å². The quantitative estimate of drug-likeness (QED) is 0.316. The first-order chi connectivity index (χ1) is 5.32. The molecule has 0 saturated carbocycles. The highest BCUT2D eigenvalue weighted by Gasteiger charge is 2.42. The van der Waals surface area contributed by atoms with Crippen molar-refractivity contribution >= 4 is 6.29 Å². The van der Waals surface area contributed by atoms with Gasteiger partial charge in [0.2, 0.25) is 0 Å². The van der Waals surface area contributed by atoms with Crippen LogP contribution in [0.4, 0.5) is 0 Å². The number of hydrogen-bond acceptors (Lipinski definition) is 4. The Morgan fingerprint density at radius 3 is 3.00 bits per heavy atom. The Morgan fingerprint density at radius 2 is 2.64 bits per heavy atom. The molecule has 11 heavy (non-hydrogen) atoms. The van der Waals surface area contributed by atoms with Crippen LogP contribution in [0.1, 0.15) is 6.42 Å². The molecule has 2 bridgehead atoms. The Kier molecular flexibility index (Phi) is 1.15. The summed E-state index contributed by atoms with van der Waals surface area (Å²) >= 11 is 0. The van der Waals surface area contributed by atoms with Gasteiger partial charge in [-0.1, -0.05) is 6.08 Å². The lowest BCUT2D eigenvalue weighted by Gasteiger charge is -2.28. The fraction of sp³-hybridized carbons (Fsp3) is 0.286. The van der Waals surface area contributed by atoms with E-state index in [4.69, 9.17) is 5.84 Å². The van der Waals surface area contributed by atoms with Gasteiger partial charge in [-0.3, -0.25) is 10.9 Å². The van der Waals surface area contributed by atoms with Crippen LogP contribution in [0, 0.1) is 0 Å². The molecule has 4 nitrogen and oxygen atoms in total. The van der Waals surface area contributed by atoms with E-state index < -0.39 is 5.54 Å². The summed E-state index contributed by atoms with van der Waals surface area (Å²) < 4.78 is 0. The Hall–Kier alpha value is -1.13. The highest BCUT2D eigenvalue weighted by molar-refractivity contribution is 5.73. The van der Waals surface area contributed by atoms with Crippen LogP contribution in [0.25, 0.3) is 0 Å². The van der Waals surface area contributed by atoms with Gasteiger partial charge in [0, 0.05) is 6.42 Å². The first-order valence-electron chi connectivity index (χ1n) is 3.45. The summed E-state index contributed by atoms with van der Waals surface area (Å²) in [6.07, 6.45) is 7.34. The number of carbonyl (C=O) groups excluding carboxylic acids is 1. The smallest absolute Gasteiger partial charge is 0.151 e. The number of hydrogen-bond donors (Lipinski definition) is 2. The lowest BCUT2D eigenvalue weighted by molar-refractivity contribution is -0.115. The Morgan fingerprint density at radius 1 is 1.82 bits per heavy atom. The third-order valence-corrected chi connectivity index (χ3v) is 2.19. The minimum absolute atomic E-state index is 0.538. The van der Waals surface area contributed by atoms with Gasteiger partial charge in [0.25, 0.3) is 0 Å². The second kappa shape index (κ2) is 1.93. The molecular weight excluding hydrogens is 142 g/mol. The maximum atomic E-state index is 10.7. The number of carbonyl (C=O) groups is 1. The zero-order chi connectivity index (χ0) is 7.90. The molecule has 0 spiro atoms.